The standard InChI is InChI=1S/C15H19N3O8/c1-4-11(20)22-6-8-24-13-16-14(18-15(17-13)26-10(3)19)25-9-7-23-12(21)5-2/h4-5,10,19H,1-2,6-9H2,3H3. The van der Waals surface area contributed by atoms with E-state index in [2.05, 4.69) is 28.1 Å². The number of aliphatic hydroxyl groups is 1. The van der Waals surface area contributed by atoms with Crippen molar-refractivity contribution < 1.29 is 38.4 Å². The maximum absolute atomic E-state index is 10.9. The maximum atomic E-state index is 10.9. The molecule has 0 spiro atoms. The Hall–Kier alpha value is -3.21. The first kappa shape index (κ1) is 20.8. The molecule has 0 amide bonds. The zero-order valence-corrected chi connectivity index (χ0v) is 14.1. The van der Waals surface area contributed by atoms with Gasteiger partial charge in [0.2, 0.25) is 0 Å². The molecule has 11 heteroatoms. The van der Waals surface area contributed by atoms with E-state index in [0.717, 1.165) is 12.2 Å². The molecule has 0 aliphatic carbocycles. The highest BCUT2D eigenvalue weighted by atomic mass is 16.6. The normalized spacial score (nSPS) is 11.0. The zero-order chi connectivity index (χ0) is 19.4. The summed E-state index contributed by atoms with van der Waals surface area (Å²) in [5, 5.41) is 9.25. The molecule has 1 aromatic heterocycles. The molecule has 0 radical (unpaired) electrons. The van der Waals surface area contributed by atoms with Crippen LogP contribution in [0.5, 0.6) is 18.0 Å². The van der Waals surface area contributed by atoms with Crippen molar-refractivity contribution in [2.24, 2.45) is 0 Å². The number of hydrogen-bond acceptors (Lipinski definition) is 11. The number of aliphatic hydroxyl groups excluding tert-OH is 1. The van der Waals surface area contributed by atoms with Gasteiger partial charge in [-0.25, -0.2) is 9.59 Å². The van der Waals surface area contributed by atoms with Gasteiger partial charge in [0.15, 0.2) is 6.29 Å². The fourth-order valence-corrected chi connectivity index (χ4v) is 1.32. The van der Waals surface area contributed by atoms with E-state index in [1.165, 1.54) is 6.92 Å². The summed E-state index contributed by atoms with van der Waals surface area (Å²) in [5.41, 5.74) is 0. The largest absolute Gasteiger partial charge is 0.460 e. The van der Waals surface area contributed by atoms with Gasteiger partial charge in [0.25, 0.3) is 0 Å². The van der Waals surface area contributed by atoms with Crippen LogP contribution < -0.4 is 14.2 Å². The molecule has 0 bridgehead atoms. The van der Waals surface area contributed by atoms with Crippen molar-refractivity contribution in [3.63, 3.8) is 0 Å². The zero-order valence-electron chi connectivity index (χ0n) is 14.1. The number of esters is 2. The summed E-state index contributed by atoms with van der Waals surface area (Å²) < 4.78 is 24.9. The van der Waals surface area contributed by atoms with Gasteiger partial charge < -0.3 is 28.8 Å². The highest BCUT2D eigenvalue weighted by molar-refractivity contribution is 5.81. The van der Waals surface area contributed by atoms with Crippen LogP contribution in [0.4, 0.5) is 0 Å². The van der Waals surface area contributed by atoms with Gasteiger partial charge in [0, 0.05) is 12.2 Å². The monoisotopic (exact) mass is 369 g/mol. The first-order valence-electron chi connectivity index (χ1n) is 7.39. The fourth-order valence-electron chi connectivity index (χ4n) is 1.32. The van der Waals surface area contributed by atoms with Gasteiger partial charge in [0.1, 0.15) is 26.4 Å². The molecular formula is C15H19N3O8. The van der Waals surface area contributed by atoms with Crippen LogP contribution in [-0.4, -0.2) is 64.7 Å². The van der Waals surface area contributed by atoms with Gasteiger partial charge in [-0.15, -0.1) is 15.0 Å². The third-order valence-corrected chi connectivity index (χ3v) is 2.30. The average Bonchev–Trinajstić information content (AvgIpc) is 2.61. The molecule has 1 aromatic rings. The van der Waals surface area contributed by atoms with Crippen molar-refractivity contribution >= 4 is 11.9 Å². The van der Waals surface area contributed by atoms with E-state index in [9.17, 15) is 14.7 Å². The second kappa shape index (κ2) is 11.4. The van der Waals surface area contributed by atoms with Gasteiger partial charge in [-0.3, -0.25) is 0 Å². The lowest BCUT2D eigenvalue weighted by Crippen LogP contribution is -2.16. The molecule has 1 rings (SSSR count). The van der Waals surface area contributed by atoms with E-state index in [1.54, 1.807) is 0 Å². The molecule has 0 aromatic carbocycles. The summed E-state index contributed by atoms with van der Waals surface area (Å²) in [7, 11) is 0. The predicted molar refractivity (Wildman–Crippen MR) is 85.4 cm³/mol. The minimum Gasteiger partial charge on any atom is -0.460 e. The summed E-state index contributed by atoms with van der Waals surface area (Å²) in [6, 6.07) is -0.599. The van der Waals surface area contributed by atoms with Crippen LogP contribution in [-0.2, 0) is 19.1 Å². The molecule has 1 N–H and O–H groups in total. The first-order valence-corrected chi connectivity index (χ1v) is 7.39. The van der Waals surface area contributed by atoms with Crippen molar-refractivity contribution in [3.8, 4) is 18.0 Å². The quantitative estimate of drug-likeness (QED) is 0.227. The van der Waals surface area contributed by atoms with E-state index in [4.69, 9.17) is 23.7 Å². The topological polar surface area (TPSA) is 139 Å². The van der Waals surface area contributed by atoms with Gasteiger partial charge in [0.05, 0.1) is 0 Å². The Balaban J connectivity index is 2.63. The van der Waals surface area contributed by atoms with E-state index in [1.807, 2.05) is 0 Å². The summed E-state index contributed by atoms with van der Waals surface area (Å²) in [4.78, 5) is 33.3. The van der Waals surface area contributed by atoms with Crippen molar-refractivity contribution in [2.75, 3.05) is 26.4 Å². The summed E-state index contributed by atoms with van der Waals surface area (Å²) in [5.74, 6) is -1.19. The van der Waals surface area contributed by atoms with Crippen LogP contribution in [0, 0.1) is 0 Å². The molecule has 0 aliphatic heterocycles. The molecular weight excluding hydrogens is 350 g/mol. The smallest absolute Gasteiger partial charge is 0.330 e. The summed E-state index contributed by atoms with van der Waals surface area (Å²) in [6.45, 7) is 7.66. The SMILES string of the molecule is C=CC(=O)OCCOc1nc(OCCOC(=O)C=C)nc(OC(C)O)n1. The molecule has 142 valence electrons. The van der Waals surface area contributed by atoms with Crippen molar-refractivity contribution in [1.82, 2.24) is 15.0 Å². The van der Waals surface area contributed by atoms with Gasteiger partial charge in [-0.1, -0.05) is 13.2 Å². The Morgan fingerprint density at radius 3 is 1.73 bits per heavy atom. The lowest BCUT2D eigenvalue weighted by Gasteiger charge is -2.11. The minimum absolute atomic E-state index is 0.0475. The maximum Gasteiger partial charge on any atom is 0.330 e. The van der Waals surface area contributed by atoms with E-state index < -0.39 is 18.2 Å². The average molecular weight is 369 g/mol. The van der Waals surface area contributed by atoms with E-state index >= 15 is 0 Å². The van der Waals surface area contributed by atoms with Crippen LogP contribution in [0.2, 0.25) is 0 Å². The molecule has 1 unspecified atom stereocenters. The van der Waals surface area contributed by atoms with Gasteiger partial charge in [-0.05, 0) is 6.92 Å². The Labute approximate surface area is 149 Å². The molecule has 1 atom stereocenters. The predicted octanol–water partition coefficient (Wildman–Crippen LogP) is -0.195. The Morgan fingerprint density at radius 2 is 1.35 bits per heavy atom. The number of carbonyl (C=O) groups excluding carboxylic acids is 2. The van der Waals surface area contributed by atoms with Crippen molar-refractivity contribution in [2.45, 2.75) is 13.2 Å². The van der Waals surface area contributed by atoms with Crippen LogP contribution in [0.25, 0.3) is 0 Å². The highest BCUT2D eigenvalue weighted by Gasteiger charge is 2.12. The number of aromatic nitrogens is 3. The first-order chi connectivity index (χ1) is 12.4. The summed E-state index contributed by atoms with van der Waals surface area (Å²) in [6.07, 6.45) is 0.853. The lowest BCUT2D eigenvalue weighted by molar-refractivity contribution is -0.139. The fraction of sp³-hybridized carbons (Fsp3) is 0.400. The summed E-state index contributed by atoms with van der Waals surface area (Å²) >= 11 is 0. The molecule has 0 saturated carbocycles. The molecule has 0 fully saturated rings. The number of nitrogens with zero attached hydrogens (tertiary/aromatic N) is 3. The highest BCUT2D eigenvalue weighted by Crippen LogP contribution is 2.15. The molecule has 0 saturated heterocycles. The molecule has 1 heterocycles. The Bertz CT molecular complexity index is 589. The number of carbonyl (C=O) groups is 2. The number of hydrogen-bond donors (Lipinski definition) is 1. The van der Waals surface area contributed by atoms with Crippen LogP contribution in [0.15, 0.2) is 25.3 Å². The van der Waals surface area contributed by atoms with Gasteiger partial charge >= 0.3 is 30.0 Å². The van der Waals surface area contributed by atoms with Gasteiger partial charge in [-0.2, -0.15) is 0 Å². The van der Waals surface area contributed by atoms with Crippen LogP contribution >= 0.6 is 0 Å². The Kier molecular flexibility index (Phi) is 9.10. The minimum atomic E-state index is -1.18. The second-order valence-electron chi connectivity index (χ2n) is 4.34. The third kappa shape index (κ3) is 8.59. The van der Waals surface area contributed by atoms with E-state index in [0.29, 0.717) is 0 Å². The molecule has 11 nitrogen and oxygen atoms in total. The molecule has 26 heavy (non-hydrogen) atoms. The van der Waals surface area contributed by atoms with Crippen LogP contribution in [0.1, 0.15) is 6.92 Å². The van der Waals surface area contributed by atoms with E-state index in [-0.39, 0.29) is 44.5 Å². The second-order valence-corrected chi connectivity index (χ2v) is 4.34. The third-order valence-electron chi connectivity index (χ3n) is 2.30. The van der Waals surface area contributed by atoms with Crippen molar-refractivity contribution in [1.29, 1.82) is 0 Å². The molecule has 0 aliphatic rings. The number of rotatable bonds is 12. The number of ether oxygens (including phenoxy) is 5. The lowest BCUT2D eigenvalue weighted by atomic mass is 10.6. The van der Waals surface area contributed by atoms with Crippen molar-refractivity contribution in [3.05, 3.63) is 25.3 Å². The Morgan fingerprint density at radius 1 is 0.923 bits per heavy atom. The van der Waals surface area contributed by atoms with Crippen LogP contribution in [0.3, 0.4) is 0 Å².